The van der Waals surface area contributed by atoms with Crippen LogP contribution in [-0.4, -0.2) is 53.2 Å². The molecule has 0 bridgehead atoms. The van der Waals surface area contributed by atoms with Crippen LogP contribution >= 0.6 is 23.5 Å². The lowest BCUT2D eigenvalue weighted by molar-refractivity contribution is 0.415. The first-order valence-electron chi connectivity index (χ1n) is 6.61. The smallest absolute Gasteiger partial charge is 0.186 e. The Morgan fingerprint density at radius 3 is 2.45 bits per heavy atom. The summed E-state index contributed by atoms with van der Waals surface area (Å²) in [6.07, 6.45) is 0. The number of methoxy groups -OCH3 is 1. The summed E-state index contributed by atoms with van der Waals surface area (Å²) in [6.45, 7) is 2.17. The third-order valence-electron chi connectivity index (χ3n) is 3.30. The molecular formula is C14H17N3OS2. The molecule has 3 rings (SSSR count). The largest absolute Gasteiger partial charge is 0.497 e. The summed E-state index contributed by atoms with van der Waals surface area (Å²) in [5.41, 5.74) is 2.16. The summed E-state index contributed by atoms with van der Waals surface area (Å²) in [5.74, 6) is 4.13. The molecular weight excluding hydrogens is 290 g/mol. The number of amidine groups is 1. The van der Waals surface area contributed by atoms with Crippen molar-refractivity contribution in [3.8, 4) is 5.75 Å². The average Bonchev–Trinajstić information content (AvgIpc) is 2.56. The molecule has 2 heterocycles. The minimum atomic E-state index is 0.868. The number of thioether (sulfide) groups is 2. The van der Waals surface area contributed by atoms with Gasteiger partial charge in [0.1, 0.15) is 5.75 Å². The fourth-order valence-corrected chi connectivity index (χ4v) is 3.98. The van der Waals surface area contributed by atoms with Crippen LogP contribution in [0, 0.1) is 0 Å². The van der Waals surface area contributed by atoms with Crippen molar-refractivity contribution < 1.29 is 4.74 Å². The standard InChI is InChI=1S/C14H17N3OS2/c1-18-12-4-2-11(3-5-12)13-10-20-14(16-15-13)17-6-8-19-9-7-17/h2-5H,6-10H2,1H3. The van der Waals surface area contributed by atoms with E-state index in [-0.39, 0.29) is 0 Å². The molecule has 0 aliphatic carbocycles. The second-order valence-electron chi connectivity index (χ2n) is 4.55. The van der Waals surface area contributed by atoms with Gasteiger partial charge in [-0.15, -0.1) is 5.10 Å². The van der Waals surface area contributed by atoms with Gasteiger partial charge in [0.25, 0.3) is 0 Å². The van der Waals surface area contributed by atoms with E-state index in [9.17, 15) is 0 Å². The Bertz CT molecular complexity index is 522. The van der Waals surface area contributed by atoms with E-state index >= 15 is 0 Å². The second kappa shape index (κ2) is 6.54. The van der Waals surface area contributed by atoms with Gasteiger partial charge in [0.15, 0.2) is 5.17 Å². The SMILES string of the molecule is COc1ccc(C2=NN=C(N3CCSCC3)SC2)cc1. The van der Waals surface area contributed by atoms with E-state index in [4.69, 9.17) is 4.74 Å². The summed E-state index contributed by atoms with van der Waals surface area (Å²) in [7, 11) is 1.68. The molecule has 0 aromatic heterocycles. The van der Waals surface area contributed by atoms with Crippen molar-refractivity contribution in [2.45, 2.75) is 0 Å². The first kappa shape index (κ1) is 13.8. The minimum Gasteiger partial charge on any atom is -0.497 e. The van der Waals surface area contributed by atoms with E-state index in [1.807, 2.05) is 36.0 Å². The van der Waals surface area contributed by atoms with Crippen molar-refractivity contribution in [1.82, 2.24) is 4.90 Å². The number of rotatable bonds is 2. The molecule has 20 heavy (non-hydrogen) atoms. The highest BCUT2D eigenvalue weighted by Gasteiger charge is 2.19. The fraction of sp³-hybridized carbons (Fsp3) is 0.429. The molecule has 0 spiro atoms. The van der Waals surface area contributed by atoms with Gasteiger partial charge in [-0.25, -0.2) is 0 Å². The third kappa shape index (κ3) is 3.12. The third-order valence-corrected chi connectivity index (χ3v) is 5.26. The van der Waals surface area contributed by atoms with Crippen LogP contribution < -0.4 is 4.74 Å². The van der Waals surface area contributed by atoms with Gasteiger partial charge in [-0.1, -0.05) is 11.8 Å². The van der Waals surface area contributed by atoms with Crippen molar-refractivity contribution in [3.05, 3.63) is 29.8 Å². The molecule has 1 saturated heterocycles. The minimum absolute atomic E-state index is 0.868. The van der Waals surface area contributed by atoms with Crippen LogP contribution in [0.4, 0.5) is 0 Å². The number of benzene rings is 1. The van der Waals surface area contributed by atoms with Crippen LogP contribution in [0.25, 0.3) is 0 Å². The fourth-order valence-electron chi connectivity index (χ4n) is 2.13. The first-order chi connectivity index (χ1) is 9.86. The molecule has 0 saturated carbocycles. The molecule has 0 unspecified atom stereocenters. The lowest BCUT2D eigenvalue weighted by Crippen LogP contribution is -2.37. The molecule has 2 aliphatic rings. The number of ether oxygens (including phenoxy) is 1. The zero-order valence-electron chi connectivity index (χ0n) is 11.4. The zero-order valence-corrected chi connectivity index (χ0v) is 13.0. The van der Waals surface area contributed by atoms with Crippen LogP contribution in [-0.2, 0) is 0 Å². The number of hydrogen-bond acceptors (Lipinski definition) is 6. The Morgan fingerprint density at radius 2 is 1.85 bits per heavy atom. The van der Waals surface area contributed by atoms with E-state index in [0.29, 0.717) is 0 Å². The normalized spacial score (nSPS) is 19.4. The van der Waals surface area contributed by atoms with Crippen LogP contribution in [0.1, 0.15) is 5.56 Å². The predicted molar refractivity (Wildman–Crippen MR) is 88.3 cm³/mol. The highest BCUT2D eigenvalue weighted by atomic mass is 32.2. The molecule has 0 N–H and O–H groups in total. The molecule has 0 amide bonds. The summed E-state index contributed by atoms with van der Waals surface area (Å²) in [6, 6.07) is 8.00. The molecule has 1 aromatic rings. The van der Waals surface area contributed by atoms with E-state index in [1.54, 1.807) is 18.9 Å². The summed E-state index contributed by atoms with van der Waals surface area (Å²) in [4.78, 5) is 2.34. The summed E-state index contributed by atoms with van der Waals surface area (Å²) < 4.78 is 5.17. The van der Waals surface area contributed by atoms with E-state index in [0.717, 1.165) is 41.0 Å². The van der Waals surface area contributed by atoms with Crippen LogP contribution in [0.2, 0.25) is 0 Å². The van der Waals surface area contributed by atoms with Gasteiger partial charge in [0.05, 0.1) is 12.8 Å². The monoisotopic (exact) mass is 307 g/mol. The number of hydrogen-bond donors (Lipinski definition) is 0. The number of nitrogens with zero attached hydrogens (tertiary/aromatic N) is 3. The molecule has 2 aliphatic heterocycles. The molecule has 1 aromatic carbocycles. The van der Waals surface area contributed by atoms with Crippen molar-refractivity contribution in [2.24, 2.45) is 10.2 Å². The Balaban J connectivity index is 1.72. The zero-order chi connectivity index (χ0) is 13.8. The molecule has 1 fully saturated rings. The van der Waals surface area contributed by atoms with E-state index in [1.165, 1.54) is 11.5 Å². The summed E-state index contributed by atoms with van der Waals surface area (Å²) in [5, 5.41) is 9.88. The quantitative estimate of drug-likeness (QED) is 0.841. The van der Waals surface area contributed by atoms with E-state index in [2.05, 4.69) is 15.1 Å². The van der Waals surface area contributed by atoms with Gasteiger partial charge in [-0.2, -0.15) is 16.9 Å². The lowest BCUT2D eigenvalue weighted by Gasteiger charge is -2.29. The Morgan fingerprint density at radius 1 is 1.10 bits per heavy atom. The first-order valence-corrected chi connectivity index (χ1v) is 8.75. The maximum atomic E-state index is 5.17. The Hall–Kier alpha value is -1.14. The lowest BCUT2D eigenvalue weighted by atomic mass is 10.1. The van der Waals surface area contributed by atoms with Crippen molar-refractivity contribution in [1.29, 1.82) is 0 Å². The van der Waals surface area contributed by atoms with Crippen molar-refractivity contribution in [2.75, 3.05) is 37.5 Å². The second-order valence-corrected chi connectivity index (χ2v) is 6.71. The van der Waals surface area contributed by atoms with Crippen LogP contribution in [0.15, 0.2) is 34.5 Å². The van der Waals surface area contributed by atoms with Crippen LogP contribution in [0.3, 0.4) is 0 Å². The van der Waals surface area contributed by atoms with Gasteiger partial charge in [-0.3, -0.25) is 0 Å². The molecule has 0 radical (unpaired) electrons. The van der Waals surface area contributed by atoms with Crippen LogP contribution in [0.5, 0.6) is 5.75 Å². The average molecular weight is 307 g/mol. The van der Waals surface area contributed by atoms with E-state index < -0.39 is 0 Å². The van der Waals surface area contributed by atoms with Gasteiger partial charge in [-0.05, 0) is 29.8 Å². The maximum Gasteiger partial charge on any atom is 0.186 e. The summed E-state index contributed by atoms with van der Waals surface area (Å²) >= 11 is 3.80. The Labute approximate surface area is 127 Å². The Kier molecular flexibility index (Phi) is 4.52. The van der Waals surface area contributed by atoms with Gasteiger partial charge in [0.2, 0.25) is 0 Å². The van der Waals surface area contributed by atoms with Crippen molar-refractivity contribution in [3.63, 3.8) is 0 Å². The maximum absolute atomic E-state index is 5.17. The van der Waals surface area contributed by atoms with Crippen molar-refractivity contribution >= 4 is 34.4 Å². The molecule has 106 valence electrons. The molecule has 0 atom stereocenters. The van der Waals surface area contributed by atoms with Gasteiger partial charge < -0.3 is 9.64 Å². The van der Waals surface area contributed by atoms with Gasteiger partial charge >= 0.3 is 0 Å². The molecule has 4 nitrogen and oxygen atoms in total. The predicted octanol–water partition coefficient (Wildman–Crippen LogP) is 2.55. The topological polar surface area (TPSA) is 37.2 Å². The highest BCUT2D eigenvalue weighted by Crippen LogP contribution is 2.22. The highest BCUT2D eigenvalue weighted by molar-refractivity contribution is 8.14. The van der Waals surface area contributed by atoms with Gasteiger partial charge in [0, 0.05) is 30.3 Å². The molecule has 6 heteroatoms.